The first-order chi connectivity index (χ1) is 14.5. The zero-order chi connectivity index (χ0) is 22.8. The van der Waals surface area contributed by atoms with Gasteiger partial charge in [-0.05, 0) is 52.0 Å². The summed E-state index contributed by atoms with van der Waals surface area (Å²) in [6, 6.07) is 12.3. The molecule has 1 fully saturated rings. The van der Waals surface area contributed by atoms with Crippen LogP contribution >= 0.6 is 0 Å². The third kappa shape index (κ3) is 5.71. The number of hydrogen-bond donors (Lipinski definition) is 0. The largest absolute Gasteiger partial charge is 0.350 e. The first kappa shape index (κ1) is 23.8. The minimum atomic E-state index is -4.22. The molecule has 1 saturated heterocycles. The molecular weight excluding hydrogens is 444 g/mol. The topological polar surface area (TPSA) is 105 Å². The molecule has 1 aliphatic heterocycles. The van der Waals surface area contributed by atoms with Gasteiger partial charge in [0.25, 0.3) is 20.2 Å². The second-order valence-electron chi connectivity index (χ2n) is 7.52. The Kier molecular flexibility index (Phi) is 7.19. The molecule has 0 radical (unpaired) electrons. The van der Waals surface area contributed by atoms with Gasteiger partial charge in [0.15, 0.2) is 0 Å². The highest BCUT2D eigenvalue weighted by Gasteiger charge is 2.43. The van der Waals surface area contributed by atoms with Crippen molar-refractivity contribution in [1.82, 2.24) is 0 Å². The summed E-state index contributed by atoms with van der Waals surface area (Å²) in [5, 5.41) is 0. The van der Waals surface area contributed by atoms with Crippen LogP contribution in [-0.4, -0.2) is 48.0 Å². The normalized spacial score (nSPS) is 25.2. The lowest BCUT2D eigenvalue weighted by Crippen LogP contribution is -2.46. The Bertz CT molecular complexity index is 1000. The Morgan fingerprint density at radius 3 is 1.32 bits per heavy atom. The first-order valence-electron chi connectivity index (χ1n) is 9.73. The highest BCUT2D eigenvalue weighted by atomic mass is 32.2. The van der Waals surface area contributed by atoms with E-state index in [2.05, 4.69) is 0 Å². The van der Waals surface area contributed by atoms with Crippen LogP contribution in [0.5, 0.6) is 0 Å². The van der Waals surface area contributed by atoms with E-state index in [9.17, 15) is 16.8 Å². The molecule has 3 rings (SSSR count). The standard InChI is InChI=1S/C21H26O8S2/c1-14-5-9-18(10-6-14)30(22,23)28-20-16(3)26-13-27-17(4)21(20)29-31(24,25)19-11-7-15(2)8-12-19/h5-12,16-17,20-21H,13H2,1-4H3/t16-,17-,20-,21+/m1/s1. The van der Waals surface area contributed by atoms with Crippen molar-refractivity contribution in [3.05, 3.63) is 59.7 Å². The molecule has 31 heavy (non-hydrogen) atoms. The van der Waals surface area contributed by atoms with E-state index in [0.29, 0.717) is 0 Å². The van der Waals surface area contributed by atoms with E-state index in [1.807, 2.05) is 13.8 Å². The molecule has 2 aromatic rings. The molecule has 170 valence electrons. The monoisotopic (exact) mass is 470 g/mol. The number of ether oxygens (including phenoxy) is 2. The zero-order valence-electron chi connectivity index (χ0n) is 17.7. The molecule has 0 spiro atoms. The number of benzene rings is 2. The fraction of sp³-hybridized carbons (Fsp3) is 0.429. The average Bonchev–Trinajstić information content (AvgIpc) is 2.82. The highest BCUT2D eigenvalue weighted by molar-refractivity contribution is 7.87. The van der Waals surface area contributed by atoms with Gasteiger partial charge in [-0.15, -0.1) is 0 Å². The van der Waals surface area contributed by atoms with Gasteiger partial charge in [-0.3, -0.25) is 8.37 Å². The minimum absolute atomic E-state index is 0.0525. The lowest BCUT2D eigenvalue weighted by atomic mass is 10.1. The highest BCUT2D eigenvalue weighted by Crippen LogP contribution is 2.28. The van der Waals surface area contributed by atoms with Crippen molar-refractivity contribution in [2.24, 2.45) is 0 Å². The molecule has 0 unspecified atom stereocenters. The van der Waals surface area contributed by atoms with Gasteiger partial charge in [-0.2, -0.15) is 16.8 Å². The lowest BCUT2D eigenvalue weighted by Gasteiger charge is -2.29. The third-order valence-electron chi connectivity index (χ3n) is 5.01. The Morgan fingerprint density at radius 1 is 0.677 bits per heavy atom. The van der Waals surface area contributed by atoms with Crippen LogP contribution in [0.25, 0.3) is 0 Å². The summed E-state index contributed by atoms with van der Waals surface area (Å²) >= 11 is 0. The van der Waals surface area contributed by atoms with Gasteiger partial charge < -0.3 is 9.47 Å². The van der Waals surface area contributed by atoms with E-state index in [-0.39, 0.29) is 16.6 Å². The quantitative estimate of drug-likeness (QED) is 0.594. The lowest BCUT2D eigenvalue weighted by molar-refractivity contribution is -0.0948. The Hall–Kier alpha value is -1.82. The molecule has 0 bridgehead atoms. The van der Waals surface area contributed by atoms with Crippen molar-refractivity contribution in [2.75, 3.05) is 6.79 Å². The minimum Gasteiger partial charge on any atom is -0.350 e. The summed E-state index contributed by atoms with van der Waals surface area (Å²) in [5.74, 6) is 0. The predicted octanol–water partition coefficient (Wildman–Crippen LogP) is 2.93. The molecule has 0 saturated carbocycles. The second-order valence-corrected chi connectivity index (χ2v) is 10.7. The van der Waals surface area contributed by atoms with Crippen LogP contribution in [0.15, 0.2) is 58.3 Å². The van der Waals surface area contributed by atoms with Crippen LogP contribution in [0.3, 0.4) is 0 Å². The van der Waals surface area contributed by atoms with Crippen molar-refractivity contribution in [3.8, 4) is 0 Å². The Morgan fingerprint density at radius 2 is 1.00 bits per heavy atom. The maximum atomic E-state index is 12.9. The molecule has 1 aliphatic rings. The molecule has 8 nitrogen and oxygen atoms in total. The summed E-state index contributed by atoms with van der Waals surface area (Å²) in [7, 11) is -8.44. The van der Waals surface area contributed by atoms with E-state index in [1.54, 1.807) is 38.1 Å². The summed E-state index contributed by atoms with van der Waals surface area (Å²) < 4.78 is 73.3. The SMILES string of the molecule is Cc1ccc(S(=O)(=O)O[C@@H]2[C@H](OS(=O)(=O)c3ccc(C)cc3)[C@@H](C)OCO[C@@H]2C)cc1. The molecule has 4 atom stereocenters. The van der Waals surface area contributed by atoms with Gasteiger partial charge in [-0.25, -0.2) is 0 Å². The average molecular weight is 471 g/mol. The van der Waals surface area contributed by atoms with Gasteiger partial charge >= 0.3 is 0 Å². The summed E-state index contributed by atoms with van der Waals surface area (Å²) in [5.41, 5.74) is 1.77. The molecule has 1 heterocycles. The maximum Gasteiger partial charge on any atom is 0.297 e. The molecule has 2 aromatic carbocycles. The van der Waals surface area contributed by atoms with Crippen LogP contribution < -0.4 is 0 Å². The van der Waals surface area contributed by atoms with E-state index in [1.165, 1.54) is 24.3 Å². The van der Waals surface area contributed by atoms with Gasteiger partial charge in [0.2, 0.25) is 0 Å². The summed E-state index contributed by atoms with van der Waals surface area (Å²) in [4.78, 5) is -0.105. The zero-order valence-corrected chi connectivity index (χ0v) is 19.4. The van der Waals surface area contributed by atoms with E-state index in [0.717, 1.165) is 11.1 Å². The van der Waals surface area contributed by atoms with Crippen molar-refractivity contribution >= 4 is 20.2 Å². The summed E-state index contributed by atoms with van der Waals surface area (Å²) in [6.45, 7) is 6.66. The van der Waals surface area contributed by atoms with Crippen LogP contribution in [-0.2, 0) is 38.1 Å². The fourth-order valence-corrected chi connectivity index (χ4v) is 5.34. The van der Waals surface area contributed by atoms with Crippen molar-refractivity contribution in [2.45, 2.75) is 61.9 Å². The van der Waals surface area contributed by atoms with Crippen LogP contribution in [0.2, 0.25) is 0 Å². The van der Waals surface area contributed by atoms with E-state index < -0.39 is 44.7 Å². The number of rotatable bonds is 6. The molecular formula is C21H26O8S2. The smallest absolute Gasteiger partial charge is 0.297 e. The van der Waals surface area contributed by atoms with Gasteiger partial charge in [0.1, 0.15) is 19.0 Å². The number of aryl methyl sites for hydroxylation is 2. The van der Waals surface area contributed by atoms with Gasteiger partial charge in [-0.1, -0.05) is 35.4 Å². The van der Waals surface area contributed by atoms with Crippen molar-refractivity contribution in [3.63, 3.8) is 0 Å². The van der Waals surface area contributed by atoms with Crippen LogP contribution in [0, 0.1) is 13.8 Å². The van der Waals surface area contributed by atoms with Crippen LogP contribution in [0.4, 0.5) is 0 Å². The number of hydrogen-bond acceptors (Lipinski definition) is 8. The van der Waals surface area contributed by atoms with Crippen LogP contribution in [0.1, 0.15) is 25.0 Å². The second kappa shape index (κ2) is 9.35. The Balaban J connectivity index is 1.93. The maximum absolute atomic E-state index is 12.9. The predicted molar refractivity (Wildman–Crippen MR) is 112 cm³/mol. The van der Waals surface area contributed by atoms with Crippen molar-refractivity contribution < 1.29 is 34.7 Å². The van der Waals surface area contributed by atoms with E-state index >= 15 is 0 Å². The van der Waals surface area contributed by atoms with Gasteiger partial charge in [0.05, 0.1) is 22.0 Å². The molecule has 0 aromatic heterocycles. The summed E-state index contributed by atoms with van der Waals surface area (Å²) in [6.07, 6.45) is -4.15. The first-order valence-corrected chi connectivity index (χ1v) is 12.5. The van der Waals surface area contributed by atoms with Crippen molar-refractivity contribution in [1.29, 1.82) is 0 Å². The van der Waals surface area contributed by atoms with E-state index in [4.69, 9.17) is 17.8 Å². The van der Waals surface area contributed by atoms with Gasteiger partial charge in [0, 0.05) is 0 Å². The molecule has 0 N–H and O–H groups in total. The fourth-order valence-electron chi connectivity index (χ4n) is 3.06. The third-order valence-corrected chi connectivity index (χ3v) is 7.66. The Labute approximate surface area is 183 Å². The molecule has 0 aliphatic carbocycles. The molecule has 0 amide bonds. The molecule has 10 heteroatoms.